The second kappa shape index (κ2) is 11.6. The van der Waals surface area contributed by atoms with Gasteiger partial charge in [0.05, 0.1) is 0 Å². The number of halogens is 3. The third kappa shape index (κ3) is 7.43. The molecule has 1 heterocycles. The summed E-state index contributed by atoms with van der Waals surface area (Å²) < 4.78 is 26.3. The first kappa shape index (κ1) is 22.1. The minimum Gasteiger partial charge on any atom is -0.356 e. The summed E-state index contributed by atoms with van der Waals surface area (Å²) >= 11 is 0. The normalized spacial score (nSPS) is 16.9. The lowest BCUT2D eigenvalue weighted by atomic mass is 10.0. The smallest absolute Gasteiger partial charge is 0.191 e. The van der Waals surface area contributed by atoms with Gasteiger partial charge in [-0.25, -0.2) is 8.78 Å². The average molecular weight is 466 g/mol. The Morgan fingerprint density at radius 3 is 2.52 bits per heavy atom. The van der Waals surface area contributed by atoms with Gasteiger partial charge >= 0.3 is 0 Å². The average Bonchev–Trinajstić information content (AvgIpc) is 2.61. The highest BCUT2D eigenvalue weighted by molar-refractivity contribution is 14.0. The van der Waals surface area contributed by atoms with Gasteiger partial charge in [-0.2, -0.15) is 0 Å². The van der Waals surface area contributed by atoms with Gasteiger partial charge in [0.15, 0.2) is 17.6 Å². The zero-order chi connectivity index (χ0) is 17.4. The number of rotatable bonds is 6. The van der Waals surface area contributed by atoms with Crippen molar-refractivity contribution in [3.05, 3.63) is 35.4 Å². The van der Waals surface area contributed by atoms with Crippen molar-refractivity contribution in [1.29, 1.82) is 0 Å². The molecule has 7 heteroatoms. The van der Waals surface area contributed by atoms with Crippen LogP contribution in [0.1, 0.15) is 37.7 Å². The van der Waals surface area contributed by atoms with Gasteiger partial charge in [-0.15, -0.1) is 24.0 Å². The maximum absolute atomic E-state index is 13.3. The van der Waals surface area contributed by atoms with Crippen LogP contribution in [0.5, 0.6) is 0 Å². The van der Waals surface area contributed by atoms with Gasteiger partial charge in [-0.05, 0) is 49.5 Å². The summed E-state index contributed by atoms with van der Waals surface area (Å²) in [6.45, 7) is 6.80. The molecule has 1 fully saturated rings. The summed E-state index contributed by atoms with van der Waals surface area (Å²) in [4.78, 5) is 6.68. The van der Waals surface area contributed by atoms with E-state index in [1.54, 1.807) is 13.1 Å². The number of benzene rings is 1. The minimum atomic E-state index is -0.811. The van der Waals surface area contributed by atoms with Crippen LogP contribution in [-0.4, -0.2) is 50.6 Å². The van der Waals surface area contributed by atoms with Crippen molar-refractivity contribution in [2.45, 2.75) is 32.1 Å². The Hall–Kier alpha value is -0.960. The van der Waals surface area contributed by atoms with E-state index in [9.17, 15) is 8.78 Å². The van der Waals surface area contributed by atoms with E-state index in [4.69, 9.17) is 0 Å². The van der Waals surface area contributed by atoms with Crippen LogP contribution in [0.3, 0.4) is 0 Å². The molecule has 1 aliphatic heterocycles. The molecule has 1 unspecified atom stereocenters. The number of piperidine rings is 1. The molecule has 1 aliphatic rings. The maximum atomic E-state index is 13.3. The van der Waals surface area contributed by atoms with Crippen LogP contribution in [0.2, 0.25) is 0 Å². The highest BCUT2D eigenvalue weighted by atomic mass is 127. The van der Waals surface area contributed by atoms with Crippen LogP contribution in [0.25, 0.3) is 0 Å². The van der Waals surface area contributed by atoms with Crippen molar-refractivity contribution in [3.8, 4) is 0 Å². The summed E-state index contributed by atoms with van der Waals surface area (Å²) in [5, 5.41) is 6.55. The zero-order valence-electron chi connectivity index (χ0n) is 15.0. The molecule has 1 aromatic rings. The van der Waals surface area contributed by atoms with Gasteiger partial charge in [0, 0.05) is 26.7 Å². The number of hydrogen-bond acceptors (Lipinski definition) is 2. The summed E-state index contributed by atoms with van der Waals surface area (Å²) in [5.74, 6) is -0.820. The molecule has 0 spiro atoms. The summed E-state index contributed by atoms with van der Waals surface area (Å²) in [5.41, 5.74) is 0.769. The van der Waals surface area contributed by atoms with E-state index in [0.717, 1.165) is 24.6 Å². The first-order valence-electron chi connectivity index (χ1n) is 8.72. The molecule has 2 rings (SSSR count). The Morgan fingerprint density at radius 2 is 1.88 bits per heavy atom. The summed E-state index contributed by atoms with van der Waals surface area (Å²) in [7, 11) is 1.73. The van der Waals surface area contributed by atoms with Crippen molar-refractivity contribution >= 4 is 29.9 Å². The van der Waals surface area contributed by atoms with E-state index >= 15 is 0 Å². The molecule has 142 valence electrons. The van der Waals surface area contributed by atoms with Crippen LogP contribution in [0, 0.1) is 11.6 Å². The van der Waals surface area contributed by atoms with E-state index in [0.29, 0.717) is 6.54 Å². The zero-order valence-corrected chi connectivity index (χ0v) is 17.4. The largest absolute Gasteiger partial charge is 0.356 e. The minimum absolute atomic E-state index is 0. The second-order valence-electron chi connectivity index (χ2n) is 6.36. The SMILES string of the molecule is CN=C(NCCN1CCCCC1)NCC(C)c1ccc(F)c(F)c1.I. The first-order valence-corrected chi connectivity index (χ1v) is 8.72. The van der Waals surface area contributed by atoms with Crippen molar-refractivity contribution in [3.63, 3.8) is 0 Å². The fourth-order valence-electron chi connectivity index (χ4n) is 2.92. The van der Waals surface area contributed by atoms with Crippen LogP contribution in [0.15, 0.2) is 23.2 Å². The molecule has 1 aromatic carbocycles. The van der Waals surface area contributed by atoms with Crippen molar-refractivity contribution in [2.24, 2.45) is 4.99 Å². The number of hydrogen-bond donors (Lipinski definition) is 2. The molecule has 0 radical (unpaired) electrons. The van der Waals surface area contributed by atoms with Gasteiger partial charge in [-0.1, -0.05) is 19.4 Å². The lowest BCUT2D eigenvalue weighted by Crippen LogP contribution is -2.43. The molecule has 1 atom stereocenters. The number of guanidine groups is 1. The third-order valence-corrected chi connectivity index (χ3v) is 4.48. The number of likely N-dealkylation sites (tertiary alicyclic amines) is 1. The van der Waals surface area contributed by atoms with Crippen LogP contribution in [-0.2, 0) is 0 Å². The molecule has 2 N–H and O–H groups in total. The highest BCUT2D eigenvalue weighted by Gasteiger charge is 2.11. The predicted molar refractivity (Wildman–Crippen MR) is 110 cm³/mol. The van der Waals surface area contributed by atoms with Crippen LogP contribution >= 0.6 is 24.0 Å². The third-order valence-electron chi connectivity index (χ3n) is 4.48. The van der Waals surface area contributed by atoms with Gasteiger partial charge < -0.3 is 15.5 Å². The van der Waals surface area contributed by atoms with Gasteiger partial charge in [0.2, 0.25) is 0 Å². The van der Waals surface area contributed by atoms with Crippen LogP contribution < -0.4 is 10.6 Å². The molecule has 0 saturated carbocycles. The molecule has 25 heavy (non-hydrogen) atoms. The molecule has 0 aliphatic carbocycles. The summed E-state index contributed by atoms with van der Waals surface area (Å²) in [6, 6.07) is 4.05. The van der Waals surface area contributed by atoms with E-state index in [2.05, 4.69) is 20.5 Å². The Labute approximate surface area is 166 Å². The van der Waals surface area contributed by atoms with Gasteiger partial charge in [0.25, 0.3) is 0 Å². The topological polar surface area (TPSA) is 39.7 Å². The molecule has 1 saturated heterocycles. The van der Waals surface area contributed by atoms with E-state index < -0.39 is 11.6 Å². The Bertz CT molecular complexity index is 548. The molecular weight excluding hydrogens is 437 g/mol. The van der Waals surface area contributed by atoms with E-state index in [-0.39, 0.29) is 29.9 Å². The fourth-order valence-corrected chi connectivity index (χ4v) is 2.92. The van der Waals surface area contributed by atoms with Crippen molar-refractivity contribution in [1.82, 2.24) is 15.5 Å². The molecular formula is C18H29F2IN4. The summed E-state index contributed by atoms with van der Waals surface area (Å²) in [6.07, 6.45) is 3.92. The number of aliphatic imine (C=N–C) groups is 1. The first-order chi connectivity index (χ1) is 11.6. The fraction of sp³-hybridized carbons (Fsp3) is 0.611. The van der Waals surface area contributed by atoms with Gasteiger partial charge in [-0.3, -0.25) is 4.99 Å². The quantitative estimate of drug-likeness (QED) is 0.384. The lowest BCUT2D eigenvalue weighted by Gasteiger charge is -2.26. The molecule has 0 bridgehead atoms. The number of nitrogens with zero attached hydrogens (tertiary/aromatic N) is 2. The maximum Gasteiger partial charge on any atom is 0.191 e. The second-order valence-corrected chi connectivity index (χ2v) is 6.36. The lowest BCUT2D eigenvalue weighted by molar-refractivity contribution is 0.232. The molecule has 0 aromatic heterocycles. The monoisotopic (exact) mass is 466 g/mol. The Kier molecular flexibility index (Phi) is 10.3. The van der Waals surface area contributed by atoms with E-state index in [1.807, 2.05) is 6.92 Å². The van der Waals surface area contributed by atoms with Crippen LogP contribution in [0.4, 0.5) is 8.78 Å². The predicted octanol–water partition coefficient (Wildman–Crippen LogP) is 3.34. The van der Waals surface area contributed by atoms with Crippen molar-refractivity contribution in [2.75, 3.05) is 39.8 Å². The Morgan fingerprint density at radius 1 is 1.16 bits per heavy atom. The van der Waals surface area contributed by atoms with E-state index in [1.165, 1.54) is 44.5 Å². The standard InChI is InChI=1S/C18H28F2N4.HI/c1-14(15-6-7-16(19)17(20)12-15)13-23-18(21-2)22-8-11-24-9-4-3-5-10-24;/h6-7,12,14H,3-5,8-11,13H2,1-2H3,(H2,21,22,23);1H. The molecule has 0 amide bonds. The Balaban J connectivity index is 0.00000312. The van der Waals surface area contributed by atoms with Crippen molar-refractivity contribution < 1.29 is 8.78 Å². The number of nitrogens with one attached hydrogen (secondary N) is 2. The highest BCUT2D eigenvalue weighted by Crippen LogP contribution is 2.17. The molecule has 4 nitrogen and oxygen atoms in total. The van der Waals surface area contributed by atoms with Gasteiger partial charge in [0.1, 0.15) is 0 Å².